The summed E-state index contributed by atoms with van der Waals surface area (Å²) in [5, 5.41) is 11.6. The fraction of sp³-hybridized carbons (Fsp3) is 0.281. The predicted molar refractivity (Wildman–Crippen MR) is 160 cm³/mol. The van der Waals surface area contributed by atoms with Crippen molar-refractivity contribution in [1.82, 2.24) is 4.98 Å². The number of carbonyl (C=O) groups is 2. The lowest BCUT2D eigenvalue weighted by Gasteiger charge is -2.24. The first kappa shape index (κ1) is 29.1. The molecule has 1 fully saturated rings. The Morgan fingerprint density at radius 2 is 1.79 bits per heavy atom. The molecule has 1 aromatic heterocycles. The van der Waals surface area contributed by atoms with E-state index < -0.39 is 29.3 Å². The maximum absolute atomic E-state index is 13.7. The van der Waals surface area contributed by atoms with Crippen molar-refractivity contribution in [2.75, 3.05) is 25.2 Å². The number of aliphatic hydroxyl groups is 1. The molecule has 1 aliphatic rings. The molecule has 1 aliphatic heterocycles. The highest BCUT2D eigenvalue weighted by molar-refractivity contribution is 7.22. The van der Waals surface area contributed by atoms with E-state index in [1.54, 1.807) is 43.5 Å². The number of halogens is 1. The first-order valence-electron chi connectivity index (χ1n) is 13.8. The lowest BCUT2D eigenvalue weighted by Crippen LogP contribution is -2.29. The number of ketones is 1. The van der Waals surface area contributed by atoms with Crippen molar-refractivity contribution in [2.45, 2.75) is 39.2 Å². The molecular weight excluding hydrogens is 559 g/mol. The summed E-state index contributed by atoms with van der Waals surface area (Å²) in [6, 6.07) is 14.6. The van der Waals surface area contributed by atoms with Crippen molar-refractivity contribution in [1.29, 1.82) is 0 Å². The second-order valence-electron chi connectivity index (χ2n) is 9.70. The maximum Gasteiger partial charge on any atom is 0.301 e. The molecule has 218 valence electrons. The van der Waals surface area contributed by atoms with Crippen LogP contribution < -0.4 is 19.1 Å². The molecule has 0 saturated carbocycles. The van der Waals surface area contributed by atoms with E-state index in [1.807, 2.05) is 6.92 Å². The minimum atomic E-state index is -1.04. The quantitative estimate of drug-likeness (QED) is 0.0866. The monoisotopic (exact) mass is 590 g/mol. The number of anilines is 1. The largest absolute Gasteiger partial charge is 0.507 e. The maximum atomic E-state index is 13.7. The van der Waals surface area contributed by atoms with Gasteiger partial charge in [-0.15, -0.1) is 0 Å². The topological polar surface area (TPSA) is 98.2 Å². The molecule has 1 unspecified atom stereocenters. The molecule has 0 radical (unpaired) electrons. The fourth-order valence-corrected chi connectivity index (χ4v) is 5.87. The zero-order valence-electron chi connectivity index (χ0n) is 23.6. The molecule has 0 spiro atoms. The van der Waals surface area contributed by atoms with E-state index in [-0.39, 0.29) is 16.3 Å². The minimum absolute atomic E-state index is 0.137. The van der Waals surface area contributed by atoms with Crippen LogP contribution in [0.4, 0.5) is 9.52 Å². The molecule has 0 aliphatic carbocycles. The van der Waals surface area contributed by atoms with Crippen LogP contribution in [0, 0.1) is 5.82 Å². The van der Waals surface area contributed by atoms with Crippen LogP contribution in [0.15, 0.2) is 66.2 Å². The third-order valence-corrected chi connectivity index (χ3v) is 7.96. The summed E-state index contributed by atoms with van der Waals surface area (Å²) in [6.07, 6.45) is 2.99. The SMILES string of the molecule is CCCCCOc1ccc(C2C(=C(O)c3ccc(F)cc3)C(=O)C(=O)N2c2nc3ccc(OC)cc3s2)cc1OCC. The Hall–Kier alpha value is -4.44. The van der Waals surface area contributed by atoms with E-state index in [2.05, 4.69) is 11.9 Å². The van der Waals surface area contributed by atoms with Crippen molar-refractivity contribution in [3.05, 3.63) is 83.2 Å². The number of benzene rings is 3. The number of ether oxygens (including phenoxy) is 3. The number of nitrogens with zero attached hydrogens (tertiary/aromatic N) is 2. The third kappa shape index (κ3) is 5.67. The summed E-state index contributed by atoms with van der Waals surface area (Å²) in [6.45, 7) is 4.85. The van der Waals surface area contributed by atoms with Gasteiger partial charge in [0.2, 0.25) is 0 Å². The van der Waals surface area contributed by atoms with Crippen LogP contribution in [0.2, 0.25) is 0 Å². The van der Waals surface area contributed by atoms with Gasteiger partial charge in [0, 0.05) is 5.56 Å². The summed E-state index contributed by atoms with van der Waals surface area (Å²) < 4.78 is 31.6. The number of Topliss-reactive ketones (excluding diaryl/α,β-unsaturated/α-hetero) is 1. The highest BCUT2D eigenvalue weighted by Crippen LogP contribution is 2.46. The molecule has 0 bridgehead atoms. The van der Waals surface area contributed by atoms with Gasteiger partial charge >= 0.3 is 5.91 Å². The zero-order valence-corrected chi connectivity index (χ0v) is 24.4. The van der Waals surface area contributed by atoms with Gasteiger partial charge in [0.25, 0.3) is 5.78 Å². The molecule has 2 heterocycles. The number of carbonyl (C=O) groups excluding carboxylic acids is 2. The van der Waals surface area contributed by atoms with Gasteiger partial charge in [0.05, 0.1) is 42.2 Å². The number of methoxy groups -OCH3 is 1. The average Bonchev–Trinajstić information content (AvgIpc) is 3.53. The van der Waals surface area contributed by atoms with Gasteiger partial charge in [0.1, 0.15) is 17.3 Å². The summed E-state index contributed by atoms with van der Waals surface area (Å²) in [7, 11) is 1.56. The predicted octanol–water partition coefficient (Wildman–Crippen LogP) is 7.04. The second-order valence-corrected chi connectivity index (χ2v) is 10.7. The smallest absolute Gasteiger partial charge is 0.301 e. The molecule has 1 atom stereocenters. The number of aromatic nitrogens is 1. The van der Waals surface area contributed by atoms with Crippen molar-refractivity contribution >= 4 is 44.1 Å². The van der Waals surface area contributed by atoms with Gasteiger partial charge in [-0.1, -0.05) is 37.2 Å². The number of amides is 1. The first-order chi connectivity index (χ1) is 20.4. The zero-order chi connectivity index (χ0) is 29.8. The van der Waals surface area contributed by atoms with E-state index in [4.69, 9.17) is 14.2 Å². The van der Waals surface area contributed by atoms with Gasteiger partial charge < -0.3 is 19.3 Å². The molecular formula is C32H31FN2O6S. The van der Waals surface area contributed by atoms with E-state index in [0.717, 1.165) is 24.0 Å². The number of rotatable bonds is 11. The molecule has 1 amide bonds. The molecule has 5 rings (SSSR count). The normalized spacial score (nSPS) is 16.3. The Morgan fingerprint density at radius 3 is 2.50 bits per heavy atom. The molecule has 8 nitrogen and oxygen atoms in total. The van der Waals surface area contributed by atoms with Crippen molar-refractivity contribution in [2.24, 2.45) is 0 Å². The number of fused-ring (bicyclic) bond motifs is 1. The summed E-state index contributed by atoms with van der Waals surface area (Å²) in [5.74, 6) is -1.01. The Morgan fingerprint density at radius 1 is 1.00 bits per heavy atom. The Balaban J connectivity index is 1.66. The summed E-state index contributed by atoms with van der Waals surface area (Å²) >= 11 is 1.23. The number of aliphatic hydroxyl groups excluding tert-OH is 1. The average molecular weight is 591 g/mol. The second kappa shape index (κ2) is 12.6. The number of hydrogen-bond acceptors (Lipinski definition) is 8. The Kier molecular flexibility index (Phi) is 8.72. The first-order valence-corrected chi connectivity index (χ1v) is 14.6. The van der Waals surface area contributed by atoms with Gasteiger partial charge in [-0.25, -0.2) is 9.37 Å². The lowest BCUT2D eigenvalue weighted by molar-refractivity contribution is -0.132. The highest BCUT2D eigenvalue weighted by atomic mass is 32.1. The van der Waals surface area contributed by atoms with Crippen molar-refractivity contribution < 1.29 is 33.3 Å². The molecule has 10 heteroatoms. The van der Waals surface area contributed by atoms with Crippen LogP contribution in [0.5, 0.6) is 17.2 Å². The van der Waals surface area contributed by atoms with Crippen LogP contribution in [0.1, 0.15) is 50.3 Å². The van der Waals surface area contributed by atoms with Gasteiger partial charge in [-0.3, -0.25) is 14.5 Å². The fourth-order valence-electron chi connectivity index (χ4n) is 4.85. The molecule has 1 N–H and O–H groups in total. The van der Waals surface area contributed by atoms with Crippen molar-refractivity contribution in [3.8, 4) is 17.2 Å². The van der Waals surface area contributed by atoms with Crippen LogP contribution in [-0.2, 0) is 9.59 Å². The van der Waals surface area contributed by atoms with E-state index in [1.165, 1.54) is 40.5 Å². The Labute approximate surface area is 247 Å². The van der Waals surface area contributed by atoms with Crippen molar-refractivity contribution in [3.63, 3.8) is 0 Å². The van der Waals surface area contributed by atoms with Crippen LogP contribution >= 0.6 is 11.3 Å². The van der Waals surface area contributed by atoms with Gasteiger partial charge in [-0.2, -0.15) is 0 Å². The van der Waals surface area contributed by atoms with Crippen LogP contribution in [0.3, 0.4) is 0 Å². The standard InChI is InChI=1S/C32H31FN2O6S/c1-4-6-7-16-41-24-15-10-20(17-25(24)40-5-2)28-27(29(36)19-8-11-21(33)12-9-19)30(37)31(38)35(28)32-34-23-14-13-22(39-3)18-26(23)42-32/h8-15,17-18,28,36H,4-7,16H2,1-3H3. The number of hydrogen-bond donors (Lipinski definition) is 1. The summed E-state index contributed by atoms with van der Waals surface area (Å²) in [5.41, 5.74) is 1.21. The van der Waals surface area contributed by atoms with Gasteiger partial charge in [-0.05, 0) is 73.5 Å². The van der Waals surface area contributed by atoms with E-state index in [9.17, 15) is 19.1 Å². The van der Waals surface area contributed by atoms with E-state index in [0.29, 0.717) is 41.5 Å². The number of thiazole rings is 1. The molecule has 3 aromatic carbocycles. The molecule has 1 saturated heterocycles. The van der Waals surface area contributed by atoms with Gasteiger partial charge in [0.15, 0.2) is 16.6 Å². The highest BCUT2D eigenvalue weighted by Gasteiger charge is 2.48. The lowest BCUT2D eigenvalue weighted by atomic mass is 9.95. The summed E-state index contributed by atoms with van der Waals surface area (Å²) in [4.78, 5) is 33.1. The Bertz CT molecular complexity index is 1650. The van der Waals surface area contributed by atoms with Crippen LogP contribution in [-0.4, -0.2) is 42.1 Å². The number of unbranched alkanes of at least 4 members (excludes halogenated alkanes) is 2. The third-order valence-electron chi connectivity index (χ3n) is 6.94. The van der Waals surface area contributed by atoms with Crippen LogP contribution in [0.25, 0.3) is 16.0 Å². The molecule has 42 heavy (non-hydrogen) atoms. The van der Waals surface area contributed by atoms with E-state index >= 15 is 0 Å². The molecule has 4 aromatic rings. The minimum Gasteiger partial charge on any atom is -0.507 e.